The zero-order chi connectivity index (χ0) is 20.6. The Morgan fingerprint density at radius 3 is 2.41 bits per heavy atom. The van der Waals surface area contributed by atoms with Gasteiger partial charge in [-0.2, -0.15) is 0 Å². The van der Waals surface area contributed by atoms with E-state index in [4.69, 9.17) is 0 Å². The predicted octanol–water partition coefficient (Wildman–Crippen LogP) is 4.31. The summed E-state index contributed by atoms with van der Waals surface area (Å²) in [5, 5.41) is 0. The monoisotopic (exact) mass is 406 g/mol. The highest BCUT2D eigenvalue weighted by atomic mass is 32.2. The van der Waals surface area contributed by atoms with Crippen LogP contribution in [0.1, 0.15) is 27.0 Å². The molecule has 1 amide bonds. The molecule has 1 N–H and O–H groups in total. The minimum absolute atomic E-state index is 0.0719. The summed E-state index contributed by atoms with van der Waals surface area (Å²) in [7, 11) is -3.71. The summed E-state index contributed by atoms with van der Waals surface area (Å²) < 4.78 is 28.3. The molecule has 4 rings (SSSR count). The van der Waals surface area contributed by atoms with Crippen molar-refractivity contribution in [3.63, 3.8) is 0 Å². The van der Waals surface area contributed by atoms with Crippen molar-refractivity contribution in [2.75, 3.05) is 16.2 Å². The Labute approximate surface area is 171 Å². The Bertz CT molecular complexity index is 1180. The third-order valence-electron chi connectivity index (χ3n) is 5.19. The number of sulfonamides is 1. The van der Waals surface area contributed by atoms with E-state index in [0.29, 0.717) is 24.2 Å². The SMILES string of the molecule is Cc1ccc(C(=O)N2CCc3cc(S(=O)(=O)Nc4ccccc4C)ccc32)cc1. The number of rotatable bonds is 4. The molecule has 0 saturated heterocycles. The lowest BCUT2D eigenvalue weighted by Crippen LogP contribution is -2.28. The Hall–Kier alpha value is -3.12. The van der Waals surface area contributed by atoms with Gasteiger partial charge in [0.1, 0.15) is 0 Å². The number of para-hydroxylation sites is 1. The first-order valence-corrected chi connectivity index (χ1v) is 10.9. The van der Waals surface area contributed by atoms with Gasteiger partial charge in [-0.15, -0.1) is 0 Å². The first kappa shape index (κ1) is 19.2. The summed E-state index contributed by atoms with van der Waals surface area (Å²) in [6.07, 6.45) is 0.626. The van der Waals surface area contributed by atoms with Crippen molar-refractivity contribution >= 4 is 27.3 Å². The Balaban J connectivity index is 1.60. The van der Waals surface area contributed by atoms with E-state index in [1.54, 1.807) is 35.2 Å². The standard InChI is InChI=1S/C23H22N2O3S/c1-16-7-9-18(10-8-16)23(26)25-14-13-19-15-20(11-12-22(19)25)29(27,28)24-21-6-4-3-5-17(21)2/h3-12,15,24H,13-14H2,1-2H3. The maximum atomic E-state index is 12.9. The van der Waals surface area contributed by atoms with Gasteiger partial charge < -0.3 is 4.90 Å². The molecule has 1 aliphatic rings. The molecule has 0 fully saturated rings. The minimum Gasteiger partial charge on any atom is -0.308 e. The normalized spacial score (nSPS) is 13.2. The van der Waals surface area contributed by atoms with E-state index in [1.807, 2.05) is 50.2 Å². The smallest absolute Gasteiger partial charge is 0.261 e. The highest BCUT2D eigenvalue weighted by Gasteiger charge is 2.27. The van der Waals surface area contributed by atoms with Crippen molar-refractivity contribution in [2.24, 2.45) is 0 Å². The second kappa shape index (κ2) is 7.37. The van der Waals surface area contributed by atoms with E-state index >= 15 is 0 Å². The number of hydrogen-bond donors (Lipinski definition) is 1. The summed E-state index contributed by atoms with van der Waals surface area (Å²) in [5.41, 5.74) is 4.76. The van der Waals surface area contributed by atoms with Gasteiger partial charge in [0.05, 0.1) is 10.6 Å². The van der Waals surface area contributed by atoms with Crippen LogP contribution in [-0.2, 0) is 16.4 Å². The molecule has 1 aliphatic heterocycles. The number of fused-ring (bicyclic) bond motifs is 1. The van der Waals surface area contributed by atoms with Crippen LogP contribution in [0.4, 0.5) is 11.4 Å². The molecular formula is C23H22N2O3S. The lowest BCUT2D eigenvalue weighted by Gasteiger charge is -2.18. The van der Waals surface area contributed by atoms with Gasteiger partial charge in [0, 0.05) is 17.8 Å². The average molecular weight is 407 g/mol. The minimum atomic E-state index is -3.71. The second-order valence-electron chi connectivity index (χ2n) is 7.28. The van der Waals surface area contributed by atoms with Crippen molar-refractivity contribution < 1.29 is 13.2 Å². The summed E-state index contributed by atoms with van der Waals surface area (Å²) in [5.74, 6) is -0.0719. The molecule has 0 saturated carbocycles. The van der Waals surface area contributed by atoms with Crippen LogP contribution in [0.15, 0.2) is 71.6 Å². The number of carbonyl (C=O) groups is 1. The first-order chi connectivity index (χ1) is 13.8. The summed E-state index contributed by atoms with van der Waals surface area (Å²) in [4.78, 5) is 14.8. The van der Waals surface area contributed by atoms with E-state index in [1.165, 1.54) is 0 Å². The summed E-state index contributed by atoms with van der Waals surface area (Å²) in [6, 6.07) is 19.7. The highest BCUT2D eigenvalue weighted by molar-refractivity contribution is 7.92. The van der Waals surface area contributed by atoms with Crippen molar-refractivity contribution in [1.29, 1.82) is 0 Å². The van der Waals surface area contributed by atoms with Gasteiger partial charge in [-0.25, -0.2) is 8.42 Å². The van der Waals surface area contributed by atoms with E-state index in [9.17, 15) is 13.2 Å². The number of nitrogens with zero attached hydrogens (tertiary/aromatic N) is 1. The fraction of sp³-hybridized carbons (Fsp3) is 0.174. The molecule has 3 aromatic carbocycles. The van der Waals surface area contributed by atoms with Crippen molar-refractivity contribution in [1.82, 2.24) is 0 Å². The van der Waals surface area contributed by atoms with E-state index in [-0.39, 0.29) is 10.8 Å². The van der Waals surface area contributed by atoms with Gasteiger partial charge in [0.25, 0.3) is 15.9 Å². The number of amides is 1. The van der Waals surface area contributed by atoms with E-state index in [2.05, 4.69) is 4.72 Å². The first-order valence-electron chi connectivity index (χ1n) is 9.45. The van der Waals surface area contributed by atoms with Gasteiger partial charge in [0.15, 0.2) is 0 Å². The zero-order valence-electron chi connectivity index (χ0n) is 16.3. The molecule has 0 bridgehead atoms. The van der Waals surface area contributed by atoms with Gasteiger partial charge in [-0.3, -0.25) is 9.52 Å². The molecular weight excluding hydrogens is 384 g/mol. The average Bonchev–Trinajstić information content (AvgIpc) is 3.13. The lowest BCUT2D eigenvalue weighted by molar-refractivity contribution is 0.0989. The van der Waals surface area contributed by atoms with Gasteiger partial charge >= 0.3 is 0 Å². The highest BCUT2D eigenvalue weighted by Crippen LogP contribution is 2.32. The molecule has 6 heteroatoms. The molecule has 3 aromatic rings. The van der Waals surface area contributed by atoms with Gasteiger partial charge in [0.2, 0.25) is 0 Å². The van der Waals surface area contributed by atoms with Crippen LogP contribution in [-0.4, -0.2) is 20.9 Å². The molecule has 0 atom stereocenters. The number of aryl methyl sites for hydroxylation is 2. The Kier molecular flexibility index (Phi) is 4.88. The fourth-order valence-electron chi connectivity index (χ4n) is 3.50. The van der Waals surface area contributed by atoms with Crippen LogP contribution in [0.5, 0.6) is 0 Å². The van der Waals surface area contributed by atoms with Crippen LogP contribution in [0.2, 0.25) is 0 Å². The third-order valence-corrected chi connectivity index (χ3v) is 6.55. The quantitative estimate of drug-likeness (QED) is 0.702. The maximum Gasteiger partial charge on any atom is 0.261 e. The van der Waals surface area contributed by atoms with Crippen LogP contribution in [0.3, 0.4) is 0 Å². The Morgan fingerprint density at radius 2 is 1.69 bits per heavy atom. The molecule has 0 radical (unpaired) electrons. The van der Waals surface area contributed by atoms with Gasteiger partial charge in [-0.05, 0) is 67.8 Å². The molecule has 0 spiro atoms. The van der Waals surface area contributed by atoms with Crippen molar-refractivity contribution in [2.45, 2.75) is 25.2 Å². The third kappa shape index (κ3) is 3.76. The molecule has 0 aliphatic carbocycles. The predicted molar refractivity (Wildman–Crippen MR) is 115 cm³/mol. The van der Waals surface area contributed by atoms with Crippen LogP contribution < -0.4 is 9.62 Å². The summed E-state index contributed by atoms with van der Waals surface area (Å²) >= 11 is 0. The van der Waals surface area contributed by atoms with Crippen LogP contribution in [0, 0.1) is 13.8 Å². The fourth-order valence-corrected chi connectivity index (χ4v) is 4.68. The number of benzene rings is 3. The molecule has 1 heterocycles. The molecule has 29 heavy (non-hydrogen) atoms. The van der Waals surface area contributed by atoms with Crippen molar-refractivity contribution in [3.05, 3.63) is 89.0 Å². The Morgan fingerprint density at radius 1 is 0.966 bits per heavy atom. The van der Waals surface area contributed by atoms with Crippen molar-refractivity contribution in [3.8, 4) is 0 Å². The zero-order valence-corrected chi connectivity index (χ0v) is 17.2. The van der Waals surface area contributed by atoms with E-state index in [0.717, 1.165) is 22.4 Å². The van der Waals surface area contributed by atoms with E-state index < -0.39 is 10.0 Å². The number of hydrogen-bond acceptors (Lipinski definition) is 3. The number of nitrogens with one attached hydrogen (secondary N) is 1. The lowest BCUT2D eigenvalue weighted by atomic mass is 10.1. The number of anilines is 2. The number of carbonyl (C=O) groups excluding carboxylic acids is 1. The maximum absolute atomic E-state index is 12.9. The van der Waals surface area contributed by atoms with Crippen LogP contribution in [0.25, 0.3) is 0 Å². The molecule has 0 aromatic heterocycles. The topological polar surface area (TPSA) is 66.5 Å². The van der Waals surface area contributed by atoms with Crippen LogP contribution >= 0.6 is 0 Å². The largest absolute Gasteiger partial charge is 0.308 e. The second-order valence-corrected chi connectivity index (χ2v) is 8.97. The van der Waals surface area contributed by atoms with Gasteiger partial charge in [-0.1, -0.05) is 35.9 Å². The summed E-state index contributed by atoms with van der Waals surface area (Å²) in [6.45, 7) is 4.37. The molecule has 148 valence electrons. The molecule has 5 nitrogen and oxygen atoms in total. The molecule has 0 unspecified atom stereocenters.